The van der Waals surface area contributed by atoms with Crippen LogP contribution in [0, 0.1) is 0 Å². The fourth-order valence-corrected chi connectivity index (χ4v) is 8.70. The van der Waals surface area contributed by atoms with E-state index in [1.54, 1.807) is 0 Å². The molecule has 8 aromatic carbocycles. The van der Waals surface area contributed by atoms with Gasteiger partial charge in [0.15, 0.2) is 17.1 Å². The molecule has 0 fully saturated rings. The summed E-state index contributed by atoms with van der Waals surface area (Å²) in [6.07, 6.45) is 0. The molecule has 0 N–H and O–H groups in total. The first-order chi connectivity index (χ1) is 26.3. The van der Waals surface area contributed by atoms with Gasteiger partial charge in [-0.05, 0) is 72.8 Å². The molecule has 0 radical (unpaired) electrons. The minimum absolute atomic E-state index is 0.836. The smallest absolute Gasteiger partial charge is 0.159 e. The molecule has 12 rings (SSSR count). The monoisotopic (exact) mass is 679 g/mol. The van der Waals surface area contributed by atoms with Crippen molar-refractivity contribution < 1.29 is 9.15 Å². The van der Waals surface area contributed by atoms with Crippen LogP contribution in [0.3, 0.4) is 0 Å². The Bertz CT molecular complexity index is 3240. The van der Waals surface area contributed by atoms with Gasteiger partial charge >= 0.3 is 0 Å². The second-order valence-corrected chi connectivity index (χ2v) is 13.7. The summed E-state index contributed by atoms with van der Waals surface area (Å²) in [4.78, 5) is 2.31. The molecule has 0 atom stereocenters. The number of aromatic nitrogens is 2. The number of ether oxygens (including phenoxy) is 1. The first-order valence-electron chi connectivity index (χ1n) is 17.9. The van der Waals surface area contributed by atoms with E-state index >= 15 is 0 Å². The number of hydrogen-bond acceptors (Lipinski definition) is 3. The van der Waals surface area contributed by atoms with Gasteiger partial charge in [0.25, 0.3) is 0 Å². The molecule has 4 heterocycles. The predicted octanol–water partition coefficient (Wildman–Crippen LogP) is 13.4. The maximum absolute atomic E-state index is 6.61. The average molecular weight is 680 g/mol. The van der Waals surface area contributed by atoms with Crippen molar-refractivity contribution in [1.29, 1.82) is 0 Å². The lowest BCUT2D eigenvalue weighted by Gasteiger charge is -2.33. The van der Waals surface area contributed by atoms with E-state index in [1.807, 2.05) is 30.3 Å². The quantitative estimate of drug-likeness (QED) is 0.186. The molecule has 3 aromatic heterocycles. The van der Waals surface area contributed by atoms with E-state index in [1.165, 1.54) is 27.1 Å². The largest absolute Gasteiger partial charge is 0.454 e. The van der Waals surface area contributed by atoms with Crippen LogP contribution in [0.4, 0.5) is 17.1 Å². The molecule has 248 valence electrons. The number of rotatable bonds is 3. The fourth-order valence-electron chi connectivity index (χ4n) is 8.70. The summed E-state index contributed by atoms with van der Waals surface area (Å²) in [6, 6.07) is 62.3. The second kappa shape index (κ2) is 10.6. The lowest BCUT2D eigenvalue weighted by molar-refractivity contribution is 0.477. The lowest BCUT2D eigenvalue weighted by atomic mass is 10.1. The molecular weight excluding hydrogens is 651 g/mol. The van der Waals surface area contributed by atoms with Gasteiger partial charge in [0, 0.05) is 43.7 Å². The topological polar surface area (TPSA) is 35.5 Å². The Labute approximate surface area is 303 Å². The Hall–Kier alpha value is -7.24. The van der Waals surface area contributed by atoms with Crippen molar-refractivity contribution in [2.45, 2.75) is 0 Å². The molecule has 0 aliphatic carbocycles. The van der Waals surface area contributed by atoms with E-state index in [2.05, 4.69) is 160 Å². The summed E-state index contributed by atoms with van der Waals surface area (Å²) >= 11 is 0. The van der Waals surface area contributed by atoms with Gasteiger partial charge < -0.3 is 23.2 Å². The van der Waals surface area contributed by atoms with Crippen molar-refractivity contribution in [3.63, 3.8) is 0 Å². The highest BCUT2D eigenvalue weighted by Gasteiger charge is 2.27. The normalized spacial score (nSPS) is 12.6. The van der Waals surface area contributed by atoms with Crippen LogP contribution in [0.15, 0.2) is 180 Å². The molecule has 5 nitrogen and oxygen atoms in total. The van der Waals surface area contributed by atoms with Crippen LogP contribution in [0.2, 0.25) is 0 Å². The second-order valence-electron chi connectivity index (χ2n) is 13.7. The fraction of sp³-hybridized carbons (Fsp3) is 0. The highest BCUT2D eigenvalue weighted by molar-refractivity contribution is 6.26. The van der Waals surface area contributed by atoms with Gasteiger partial charge in [0.2, 0.25) is 0 Å². The molecule has 0 bridgehead atoms. The molecule has 1 aliphatic heterocycles. The summed E-state index contributed by atoms with van der Waals surface area (Å²) in [5.74, 6) is 1.67. The van der Waals surface area contributed by atoms with Gasteiger partial charge in [-0.3, -0.25) is 0 Å². The molecular formula is C48H29N3O2. The van der Waals surface area contributed by atoms with Crippen LogP contribution in [0.25, 0.3) is 76.9 Å². The zero-order valence-corrected chi connectivity index (χ0v) is 28.4. The van der Waals surface area contributed by atoms with E-state index in [0.29, 0.717) is 0 Å². The number of benzene rings is 8. The molecule has 5 heteroatoms. The maximum atomic E-state index is 6.61. The Morgan fingerprint density at radius 1 is 0.377 bits per heavy atom. The number of furan rings is 1. The maximum Gasteiger partial charge on any atom is 0.159 e. The number of hydrogen-bond donors (Lipinski definition) is 0. The lowest BCUT2D eigenvalue weighted by Crippen LogP contribution is -2.15. The summed E-state index contributed by atoms with van der Waals surface area (Å²) < 4.78 is 17.8. The van der Waals surface area contributed by atoms with Crippen molar-refractivity contribution >= 4 is 82.6 Å². The Morgan fingerprint density at radius 2 is 0.981 bits per heavy atom. The molecule has 53 heavy (non-hydrogen) atoms. The minimum Gasteiger partial charge on any atom is -0.454 e. The van der Waals surface area contributed by atoms with Crippen molar-refractivity contribution in [3.05, 3.63) is 176 Å². The van der Waals surface area contributed by atoms with Gasteiger partial charge in [0.1, 0.15) is 5.58 Å². The van der Waals surface area contributed by atoms with Crippen LogP contribution in [0.1, 0.15) is 0 Å². The van der Waals surface area contributed by atoms with Crippen LogP contribution in [-0.2, 0) is 0 Å². The summed E-state index contributed by atoms with van der Waals surface area (Å²) in [7, 11) is 0. The zero-order chi connectivity index (χ0) is 34.6. The molecule has 11 aromatic rings. The number of nitrogens with zero attached hydrogens (tertiary/aromatic N) is 3. The van der Waals surface area contributed by atoms with Crippen molar-refractivity contribution in [1.82, 2.24) is 9.13 Å². The van der Waals surface area contributed by atoms with Crippen LogP contribution in [0.5, 0.6) is 11.5 Å². The first-order valence-corrected chi connectivity index (χ1v) is 17.9. The first kappa shape index (κ1) is 28.5. The Balaban J connectivity index is 1.17. The third kappa shape index (κ3) is 3.91. The van der Waals surface area contributed by atoms with Crippen LogP contribution >= 0.6 is 0 Å². The number of para-hydroxylation sites is 8. The minimum atomic E-state index is 0.836. The molecule has 0 unspecified atom stereocenters. The zero-order valence-electron chi connectivity index (χ0n) is 28.4. The van der Waals surface area contributed by atoms with Crippen LogP contribution < -0.4 is 9.64 Å². The number of fused-ring (bicyclic) bond motifs is 12. The molecule has 1 aliphatic rings. The molecule has 0 spiro atoms. The third-order valence-corrected chi connectivity index (χ3v) is 10.9. The summed E-state index contributed by atoms with van der Waals surface area (Å²) in [6.45, 7) is 0. The van der Waals surface area contributed by atoms with Crippen molar-refractivity contribution in [3.8, 4) is 22.9 Å². The van der Waals surface area contributed by atoms with Gasteiger partial charge in [-0.15, -0.1) is 0 Å². The third-order valence-electron chi connectivity index (χ3n) is 10.9. The average Bonchev–Trinajstić information content (AvgIpc) is 3.88. The highest BCUT2D eigenvalue weighted by Crippen LogP contribution is 2.51. The van der Waals surface area contributed by atoms with Gasteiger partial charge in [-0.2, -0.15) is 0 Å². The summed E-state index contributed by atoms with van der Waals surface area (Å²) in [5, 5.41) is 7.06. The molecule has 0 saturated heterocycles. The Kier molecular flexibility index (Phi) is 5.71. The van der Waals surface area contributed by atoms with Crippen LogP contribution in [-0.4, -0.2) is 9.13 Å². The number of anilines is 3. The SMILES string of the molecule is c1cc(N2c3ccccc3Oc3ccccc32)cc(-n2c3ccccc3c3ccc4c(c5ccccc5n4-c4cccc5c4oc4ccccc45)c32)c1. The van der Waals surface area contributed by atoms with Gasteiger partial charge in [-0.1, -0.05) is 103 Å². The standard InChI is InChI=1S/C48H29N3O2/c1-4-19-37-32(15-1)34-27-28-41-46(36-17-2-5-20-38(36)51(41)42-23-12-18-35-33-16-3-8-24-43(33)53-48(35)42)47(34)50(37)31-14-11-13-30(29-31)49-39-21-6-9-25-44(39)52-45-26-10-7-22-40(45)49/h1-29H. The molecule has 0 saturated carbocycles. The van der Waals surface area contributed by atoms with Gasteiger partial charge in [-0.25, -0.2) is 0 Å². The van der Waals surface area contributed by atoms with E-state index in [-0.39, 0.29) is 0 Å². The van der Waals surface area contributed by atoms with Crippen molar-refractivity contribution in [2.75, 3.05) is 4.90 Å². The predicted molar refractivity (Wildman–Crippen MR) is 217 cm³/mol. The van der Waals surface area contributed by atoms with Gasteiger partial charge in [0.05, 0.1) is 39.1 Å². The molecule has 0 amide bonds. The van der Waals surface area contributed by atoms with E-state index < -0.39 is 0 Å². The van der Waals surface area contributed by atoms with E-state index in [9.17, 15) is 0 Å². The van der Waals surface area contributed by atoms with E-state index in [4.69, 9.17) is 9.15 Å². The highest BCUT2D eigenvalue weighted by atomic mass is 16.5. The Morgan fingerprint density at radius 3 is 1.79 bits per heavy atom. The van der Waals surface area contributed by atoms with Crippen molar-refractivity contribution in [2.24, 2.45) is 0 Å². The summed E-state index contributed by atoms with van der Waals surface area (Å²) in [5.41, 5.74) is 11.6. The van der Waals surface area contributed by atoms with E-state index in [0.717, 1.165) is 78.4 Å².